The number of halogens is 1. The molecule has 2 nitrogen and oxygen atoms in total. The Morgan fingerprint density at radius 3 is 2.58 bits per heavy atom. The van der Waals surface area contributed by atoms with Crippen LogP contribution in [0, 0.1) is 11.5 Å². The van der Waals surface area contributed by atoms with Gasteiger partial charge < -0.3 is 5.32 Å². The second-order valence-corrected chi connectivity index (χ2v) is 2.85. The van der Waals surface area contributed by atoms with Gasteiger partial charge in [-0.05, 0) is 24.1 Å². The number of rotatable bonds is 3. The zero-order valence-corrected chi connectivity index (χ0v) is 7.30. The topological polar surface area (TPSA) is 35.8 Å². The fourth-order valence-corrected chi connectivity index (χ4v) is 1.04. The van der Waals surface area contributed by atoms with Gasteiger partial charge in [0, 0.05) is 11.6 Å². The molecule has 0 saturated heterocycles. The van der Waals surface area contributed by atoms with Crippen molar-refractivity contribution >= 4 is 11.6 Å². The largest absolute Gasteiger partial charge is 0.324 e. The van der Waals surface area contributed by atoms with Gasteiger partial charge in [-0.3, -0.25) is 0 Å². The Morgan fingerprint density at radius 1 is 1.33 bits per heavy atom. The molecule has 0 aliphatic carbocycles. The Morgan fingerprint density at radius 2 is 2.00 bits per heavy atom. The predicted molar refractivity (Wildman–Crippen MR) is 48.8 cm³/mol. The van der Waals surface area contributed by atoms with Crippen LogP contribution in [-0.4, -0.2) is 6.54 Å². The van der Waals surface area contributed by atoms with Gasteiger partial charge in [-0.1, -0.05) is 23.7 Å². The van der Waals surface area contributed by atoms with Crippen LogP contribution in [-0.2, 0) is 6.42 Å². The first-order valence-corrected chi connectivity index (χ1v) is 4.07. The van der Waals surface area contributed by atoms with Crippen molar-refractivity contribution in [1.82, 2.24) is 5.32 Å². The lowest BCUT2D eigenvalue weighted by molar-refractivity contribution is 0.844. The number of nitrogens with one attached hydrogen (secondary N) is 1. The van der Waals surface area contributed by atoms with Crippen LogP contribution in [0.15, 0.2) is 24.3 Å². The molecule has 1 N–H and O–H groups in total. The summed E-state index contributed by atoms with van der Waals surface area (Å²) in [6.07, 6.45) is 2.73. The Labute approximate surface area is 76.8 Å². The third-order valence-corrected chi connectivity index (χ3v) is 1.78. The second kappa shape index (κ2) is 4.63. The lowest BCUT2D eigenvalue weighted by Gasteiger charge is -1.98. The van der Waals surface area contributed by atoms with Crippen molar-refractivity contribution in [2.24, 2.45) is 0 Å². The highest BCUT2D eigenvalue weighted by molar-refractivity contribution is 6.30. The lowest BCUT2D eigenvalue weighted by Crippen LogP contribution is -2.09. The molecule has 12 heavy (non-hydrogen) atoms. The minimum absolute atomic E-state index is 0.679. The Balaban J connectivity index is 2.43. The third-order valence-electron chi connectivity index (χ3n) is 1.53. The van der Waals surface area contributed by atoms with E-state index < -0.39 is 0 Å². The van der Waals surface area contributed by atoms with Crippen molar-refractivity contribution in [3.05, 3.63) is 34.9 Å². The highest BCUT2D eigenvalue weighted by atomic mass is 35.5. The van der Waals surface area contributed by atoms with Crippen LogP contribution in [0.5, 0.6) is 0 Å². The third kappa shape index (κ3) is 2.81. The van der Waals surface area contributed by atoms with E-state index in [0.717, 1.165) is 11.4 Å². The Kier molecular flexibility index (Phi) is 3.43. The van der Waals surface area contributed by atoms with Gasteiger partial charge in [-0.15, -0.1) is 0 Å². The molecule has 0 spiro atoms. The molecule has 0 atom stereocenters. The quantitative estimate of drug-likeness (QED) is 0.439. The normalized spacial score (nSPS) is 9.00. The molecule has 0 fully saturated rings. The van der Waals surface area contributed by atoms with Gasteiger partial charge >= 0.3 is 0 Å². The molecule has 0 saturated carbocycles. The van der Waals surface area contributed by atoms with E-state index in [1.54, 1.807) is 0 Å². The second-order valence-electron chi connectivity index (χ2n) is 2.42. The molecule has 0 unspecified atom stereocenters. The van der Waals surface area contributed by atoms with Crippen molar-refractivity contribution in [3.63, 3.8) is 0 Å². The number of hydrogen-bond acceptors (Lipinski definition) is 2. The molecule has 0 amide bonds. The van der Waals surface area contributed by atoms with Crippen molar-refractivity contribution in [1.29, 1.82) is 5.26 Å². The molecule has 0 aliphatic rings. The van der Waals surface area contributed by atoms with E-state index in [1.807, 2.05) is 30.5 Å². The molecule has 0 bridgehead atoms. The van der Waals surface area contributed by atoms with Gasteiger partial charge in [0.15, 0.2) is 6.19 Å². The van der Waals surface area contributed by atoms with Gasteiger partial charge in [0.2, 0.25) is 0 Å². The average molecular weight is 181 g/mol. The van der Waals surface area contributed by atoms with Crippen LogP contribution in [0.25, 0.3) is 0 Å². The van der Waals surface area contributed by atoms with Crippen LogP contribution in [0.4, 0.5) is 0 Å². The summed E-state index contributed by atoms with van der Waals surface area (Å²) in [7, 11) is 0. The average Bonchev–Trinajstić information content (AvgIpc) is 2.09. The van der Waals surface area contributed by atoms with Crippen molar-refractivity contribution in [2.75, 3.05) is 6.54 Å². The molecule has 62 valence electrons. The SMILES string of the molecule is N#CNCCc1ccc(Cl)cc1. The first-order chi connectivity index (χ1) is 5.83. The summed E-state index contributed by atoms with van der Waals surface area (Å²) in [5.74, 6) is 0. The van der Waals surface area contributed by atoms with Crippen LogP contribution >= 0.6 is 11.6 Å². The summed E-state index contributed by atoms with van der Waals surface area (Å²) >= 11 is 5.71. The molecule has 1 aromatic carbocycles. The molecule has 0 radical (unpaired) electrons. The van der Waals surface area contributed by atoms with E-state index in [0.29, 0.717) is 6.54 Å². The molecule has 1 rings (SSSR count). The summed E-state index contributed by atoms with van der Waals surface area (Å²) in [5.41, 5.74) is 1.18. The number of nitriles is 1. The summed E-state index contributed by atoms with van der Waals surface area (Å²) in [6, 6.07) is 7.62. The summed E-state index contributed by atoms with van der Waals surface area (Å²) in [4.78, 5) is 0. The maximum absolute atomic E-state index is 8.21. The van der Waals surface area contributed by atoms with E-state index in [4.69, 9.17) is 16.9 Å². The van der Waals surface area contributed by atoms with E-state index in [-0.39, 0.29) is 0 Å². The smallest absolute Gasteiger partial charge is 0.176 e. The van der Waals surface area contributed by atoms with E-state index >= 15 is 0 Å². The number of nitrogens with zero attached hydrogens (tertiary/aromatic N) is 1. The van der Waals surface area contributed by atoms with E-state index in [9.17, 15) is 0 Å². The Hall–Kier alpha value is -1.20. The molecule has 0 heterocycles. The van der Waals surface area contributed by atoms with Gasteiger partial charge in [-0.2, -0.15) is 5.26 Å². The fraction of sp³-hybridized carbons (Fsp3) is 0.222. The zero-order valence-electron chi connectivity index (χ0n) is 6.55. The molecule has 0 aliphatic heterocycles. The summed E-state index contributed by atoms with van der Waals surface area (Å²) in [6.45, 7) is 0.679. The number of hydrogen-bond donors (Lipinski definition) is 1. The van der Waals surface area contributed by atoms with Crippen LogP contribution in [0.2, 0.25) is 5.02 Å². The zero-order chi connectivity index (χ0) is 8.81. The van der Waals surface area contributed by atoms with E-state index in [1.165, 1.54) is 5.56 Å². The van der Waals surface area contributed by atoms with Gasteiger partial charge in [-0.25, -0.2) is 0 Å². The molecular weight excluding hydrogens is 172 g/mol. The van der Waals surface area contributed by atoms with Gasteiger partial charge in [0.25, 0.3) is 0 Å². The standard InChI is InChI=1S/C9H9ClN2/c10-9-3-1-8(2-4-9)5-6-12-7-11/h1-4,12H,5-6H2. The minimum Gasteiger partial charge on any atom is -0.324 e. The predicted octanol–water partition coefficient (Wildman–Crippen LogP) is 1.95. The monoisotopic (exact) mass is 180 g/mol. The van der Waals surface area contributed by atoms with Crippen LogP contribution in [0.1, 0.15) is 5.56 Å². The van der Waals surface area contributed by atoms with Gasteiger partial charge in [0.05, 0.1) is 0 Å². The summed E-state index contributed by atoms with van der Waals surface area (Å²) < 4.78 is 0. The molecule has 0 aromatic heterocycles. The van der Waals surface area contributed by atoms with Crippen molar-refractivity contribution < 1.29 is 0 Å². The van der Waals surface area contributed by atoms with Gasteiger partial charge in [0.1, 0.15) is 0 Å². The maximum Gasteiger partial charge on any atom is 0.176 e. The first kappa shape index (κ1) is 8.89. The molecule has 1 aromatic rings. The summed E-state index contributed by atoms with van der Waals surface area (Å²) in [5, 5.41) is 11.5. The lowest BCUT2D eigenvalue weighted by atomic mass is 10.1. The number of benzene rings is 1. The van der Waals surface area contributed by atoms with E-state index in [2.05, 4.69) is 5.32 Å². The maximum atomic E-state index is 8.21. The Bertz CT molecular complexity index is 274. The van der Waals surface area contributed by atoms with Crippen LogP contribution in [0.3, 0.4) is 0 Å². The minimum atomic E-state index is 0.679. The van der Waals surface area contributed by atoms with Crippen molar-refractivity contribution in [2.45, 2.75) is 6.42 Å². The van der Waals surface area contributed by atoms with Crippen molar-refractivity contribution in [3.8, 4) is 6.19 Å². The molecular formula is C9H9ClN2. The molecule has 3 heteroatoms. The highest BCUT2D eigenvalue weighted by Crippen LogP contribution is 2.09. The van der Waals surface area contributed by atoms with Crippen LogP contribution < -0.4 is 5.32 Å². The first-order valence-electron chi connectivity index (χ1n) is 3.69. The highest BCUT2D eigenvalue weighted by Gasteiger charge is 1.91. The fourth-order valence-electron chi connectivity index (χ4n) is 0.914.